The first-order chi connectivity index (χ1) is 43.1. The van der Waals surface area contributed by atoms with Crippen molar-refractivity contribution in [1.29, 1.82) is 0 Å². The van der Waals surface area contributed by atoms with Crippen molar-refractivity contribution >= 4 is 5.91 Å². The molecule has 2 aliphatic rings. The van der Waals surface area contributed by atoms with Crippen LogP contribution < -0.4 is 5.32 Å². The van der Waals surface area contributed by atoms with Crippen LogP contribution in [0.15, 0.2) is 72.9 Å². The second-order valence-corrected chi connectivity index (χ2v) is 25.3. The summed E-state index contributed by atoms with van der Waals surface area (Å²) in [4.78, 5) is 13.4. The smallest absolute Gasteiger partial charge is 0.220 e. The first kappa shape index (κ1) is 81.5. The standard InChI is InChI=1S/C74H133NO13/c1-3-5-7-9-11-13-15-17-19-21-23-25-27-29-30-31-32-34-36-38-40-42-44-46-48-50-52-54-56-58-66(79)75-62(61-85-73-71(84)69(82)72(65(60-77)87-73)88-74-70(83)68(81)67(80)64(59-76)86-74)63(78)57-55-53-51-49-47-45-43-41-39-37-35-33-28-26-24-22-20-18-16-14-12-10-8-6-4-2/h5,7,11,13,17,19,23,25,29-30,32,34,62-65,67-74,76-78,80-84H,3-4,6,8-10,12,14-16,18,20-22,24,26-28,31,33,35-61H2,1-2H3,(H,75,79)/b7-5-,13-11-,19-17-,25-23-,30-29-,34-32-. The van der Waals surface area contributed by atoms with E-state index in [0.717, 1.165) is 89.9 Å². The van der Waals surface area contributed by atoms with Gasteiger partial charge in [-0.1, -0.05) is 299 Å². The van der Waals surface area contributed by atoms with Gasteiger partial charge in [-0.05, 0) is 64.2 Å². The number of nitrogens with one attached hydrogen (secondary N) is 1. The van der Waals surface area contributed by atoms with Crippen LogP contribution in [0.1, 0.15) is 296 Å². The van der Waals surface area contributed by atoms with E-state index in [1.54, 1.807) is 0 Å². The van der Waals surface area contributed by atoms with Crippen molar-refractivity contribution in [3.63, 3.8) is 0 Å². The molecular weight excluding hydrogens is 1110 g/mol. The lowest BCUT2D eigenvalue weighted by Gasteiger charge is -2.46. The van der Waals surface area contributed by atoms with Gasteiger partial charge >= 0.3 is 0 Å². The number of unbranched alkanes of at least 4 members (excludes halogenated alkanes) is 34. The summed E-state index contributed by atoms with van der Waals surface area (Å²) in [6.07, 6.45) is 61.9. The normalized spacial score (nSPS) is 23.6. The number of hydrogen-bond acceptors (Lipinski definition) is 13. The number of aliphatic hydroxyl groups excluding tert-OH is 8. The molecule has 512 valence electrons. The van der Waals surface area contributed by atoms with E-state index >= 15 is 0 Å². The van der Waals surface area contributed by atoms with Crippen LogP contribution in [0.3, 0.4) is 0 Å². The Hall–Kier alpha value is -2.57. The Morgan fingerprint density at radius 2 is 0.784 bits per heavy atom. The van der Waals surface area contributed by atoms with E-state index in [1.807, 2.05) is 0 Å². The maximum atomic E-state index is 13.4. The predicted octanol–water partition coefficient (Wildman–Crippen LogP) is 15.0. The van der Waals surface area contributed by atoms with Crippen molar-refractivity contribution in [2.75, 3.05) is 19.8 Å². The molecule has 0 radical (unpaired) electrons. The molecule has 0 aromatic rings. The van der Waals surface area contributed by atoms with Crippen LogP contribution in [0.5, 0.6) is 0 Å². The first-order valence-electron chi connectivity index (χ1n) is 36.2. The average Bonchev–Trinajstić information content (AvgIpc) is 2.07. The van der Waals surface area contributed by atoms with E-state index in [-0.39, 0.29) is 12.5 Å². The molecule has 12 atom stereocenters. The van der Waals surface area contributed by atoms with E-state index in [4.69, 9.17) is 18.9 Å². The van der Waals surface area contributed by atoms with Gasteiger partial charge in [0.2, 0.25) is 5.91 Å². The summed E-state index contributed by atoms with van der Waals surface area (Å²) < 4.78 is 22.9. The van der Waals surface area contributed by atoms with Gasteiger partial charge in [0.05, 0.1) is 32.0 Å². The van der Waals surface area contributed by atoms with Gasteiger partial charge in [0.25, 0.3) is 0 Å². The van der Waals surface area contributed by atoms with E-state index in [0.29, 0.717) is 19.3 Å². The Morgan fingerprint density at radius 3 is 1.20 bits per heavy atom. The molecule has 2 saturated heterocycles. The fraction of sp³-hybridized carbons (Fsp3) is 0.824. The minimum absolute atomic E-state index is 0.210. The second-order valence-electron chi connectivity index (χ2n) is 25.3. The highest BCUT2D eigenvalue weighted by Gasteiger charge is 2.51. The van der Waals surface area contributed by atoms with Gasteiger partial charge in [-0.15, -0.1) is 0 Å². The van der Waals surface area contributed by atoms with Gasteiger partial charge in [-0.25, -0.2) is 0 Å². The summed E-state index contributed by atoms with van der Waals surface area (Å²) in [5, 5.41) is 87.7. The molecule has 14 heteroatoms. The topological polar surface area (TPSA) is 228 Å². The van der Waals surface area contributed by atoms with Gasteiger partial charge in [-0.3, -0.25) is 4.79 Å². The van der Waals surface area contributed by atoms with Crippen LogP contribution in [0.25, 0.3) is 0 Å². The lowest BCUT2D eigenvalue weighted by Crippen LogP contribution is -2.65. The molecule has 88 heavy (non-hydrogen) atoms. The molecule has 0 aromatic heterocycles. The fourth-order valence-electron chi connectivity index (χ4n) is 11.7. The molecule has 12 unspecified atom stereocenters. The van der Waals surface area contributed by atoms with E-state index in [1.165, 1.54) is 173 Å². The van der Waals surface area contributed by atoms with Crippen LogP contribution in [0, 0.1) is 0 Å². The van der Waals surface area contributed by atoms with Crippen LogP contribution in [0.2, 0.25) is 0 Å². The summed E-state index contributed by atoms with van der Waals surface area (Å²) in [6, 6.07) is -0.837. The molecule has 0 spiro atoms. The number of ether oxygens (including phenoxy) is 4. The molecule has 2 aliphatic heterocycles. The Labute approximate surface area is 536 Å². The monoisotopic (exact) mass is 1240 g/mol. The number of carbonyl (C=O) groups excluding carboxylic acids is 1. The van der Waals surface area contributed by atoms with Gasteiger partial charge < -0.3 is 65.1 Å². The number of rotatable bonds is 59. The SMILES string of the molecule is CC/C=C\C/C=C\C/C=C\C/C=C\C/C=C\C/C=C\CCCCCCCCCCCCC(=O)NC(COC1OC(CO)C(OC2OC(CO)C(O)C(O)C2O)C(O)C1O)C(O)CCCCCCCCCCCCCCCCCCCCCCCCCCC. The summed E-state index contributed by atoms with van der Waals surface area (Å²) in [5.41, 5.74) is 0. The summed E-state index contributed by atoms with van der Waals surface area (Å²) in [6.45, 7) is 2.78. The number of carbonyl (C=O) groups is 1. The third-order valence-electron chi connectivity index (χ3n) is 17.4. The zero-order chi connectivity index (χ0) is 63.8. The Kier molecular flexibility index (Phi) is 54.0. The lowest BCUT2D eigenvalue weighted by atomic mass is 9.97. The molecule has 0 saturated carbocycles. The van der Waals surface area contributed by atoms with Crippen LogP contribution in [0.4, 0.5) is 0 Å². The second kappa shape index (κ2) is 58.3. The largest absolute Gasteiger partial charge is 0.394 e. The number of aliphatic hydroxyl groups is 8. The minimum atomic E-state index is -1.79. The summed E-state index contributed by atoms with van der Waals surface area (Å²) in [5.74, 6) is -0.210. The predicted molar refractivity (Wildman–Crippen MR) is 360 cm³/mol. The summed E-state index contributed by atoms with van der Waals surface area (Å²) >= 11 is 0. The van der Waals surface area contributed by atoms with Crippen molar-refractivity contribution in [2.45, 2.75) is 370 Å². The van der Waals surface area contributed by atoms with Crippen molar-refractivity contribution in [3.05, 3.63) is 72.9 Å². The van der Waals surface area contributed by atoms with Crippen LogP contribution in [-0.4, -0.2) is 140 Å². The molecule has 14 nitrogen and oxygen atoms in total. The van der Waals surface area contributed by atoms with Gasteiger partial charge in [-0.2, -0.15) is 0 Å². The van der Waals surface area contributed by atoms with Crippen LogP contribution >= 0.6 is 0 Å². The minimum Gasteiger partial charge on any atom is -0.394 e. The maximum absolute atomic E-state index is 13.4. The Morgan fingerprint density at radius 1 is 0.420 bits per heavy atom. The molecule has 0 aromatic carbocycles. The molecule has 2 heterocycles. The molecule has 2 rings (SSSR count). The van der Waals surface area contributed by atoms with Crippen molar-refractivity contribution in [2.24, 2.45) is 0 Å². The van der Waals surface area contributed by atoms with Crippen LogP contribution in [-0.2, 0) is 23.7 Å². The highest BCUT2D eigenvalue weighted by atomic mass is 16.7. The Bertz CT molecular complexity index is 1750. The quantitative estimate of drug-likeness (QED) is 0.0204. The van der Waals surface area contributed by atoms with Crippen molar-refractivity contribution in [1.82, 2.24) is 5.32 Å². The summed E-state index contributed by atoms with van der Waals surface area (Å²) in [7, 11) is 0. The molecule has 0 aliphatic carbocycles. The number of hydrogen-bond donors (Lipinski definition) is 9. The zero-order valence-electron chi connectivity index (χ0n) is 55.7. The third-order valence-corrected chi connectivity index (χ3v) is 17.4. The number of amides is 1. The fourth-order valence-corrected chi connectivity index (χ4v) is 11.7. The van der Waals surface area contributed by atoms with Gasteiger partial charge in [0.15, 0.2) is 12.6 Å². The molecular formula is C74H133NO13. The zero-order valence-corrected chi connectivity index (χ0v) is 55.7. The highest BCUT2D eigenvalue weighted by Crippen LogP contribution is 2.30. The molecule has 2 fully saturated rings. The third kappa shape index (κ3) is 41.8. The molecule has 0 bridgehead atoms. The van der Waals surface area contributed by atoms with Gasteiger partial charge in [0, 0.05) is 6.42 Å². The Balaban J connectivity index is 1.67. The van der Waals surface area contributed by atoms with Gasteiger partial charge in [0.1, 0.15) is 48.8 Å². The van der Waals surface area contributed by atoms with E-state index in [2.05, 4.69) is 92.1 Å². The molecule has 1 amide bonds. The highest BCUT2D eigenvalue weighted by molar-refractivity contribution is 5.76. The van der Waals surface area contributed by atoms with Crippen molar-refractivity contribution < 1.29 is 64.6 Å². The van der Waals surface area contributed by atoms with E-state index < -0.39 is 86.8 Å². The average molecular weight is 1240 g/mol. The first-order valence-corrected chi connectivity index (χ1v) is 36.2. The maximum Gasteiger partial charge on any atom is 0.220 e. The van der Waals surface area contributed by atoms with Crippen molar-refractivity contribution in [3.8, 4) is 0 Å². The number of allylic oxidation sites excluding steroid dienone is 12. The van der Waals surface area contributed by atoms with E-state index in [9.17, 15) is 45.6 Å². The lowest BCUT2D eigenvalue weighted by molar-refractivity contribution is -0.359. The molecule has 9 N–H and O–H groups in total.